The number of hydrogen-bond donors (Lipinski definition) is 1. The van der Waals surface area contributed by atoms with E-state index in [4.69, 9.17) is 9.84 Å². The highest BCUT2D eigenvalue weighted by Crippen LogP contribution is 2.26. The van der Waals surface area contributed by atoms with Crippen molar-refractivity contribution in [2.24, 2.45) is 0 Å². The van der Waals surface area contributed by atoms with E-state index in [1.165, 1.54) is 24.3 Å². The highest BCUT2D eigenvalue weighted by Gasteiger charge is 2.16. The molecule has 3 aromatic carbocycles. The van der Waals surface area contributed by atoms with Gasteiger partial charge in [-0.05, 0) is 60.7 Å². The van der Waals surface area contributed by atoms with Crippen LogP contribution < -0.4 is 10.1 Å². The molecule has 0 aliphatic rings. The lowest BCUT2D eigenvalue weighted by Crippen LogP contribution is -2.14. The molecule has 4 rings (SSSR count). The number of hydrogen-bond acceptors (Lipinski definition) is 3. The first-order valence-corrected chi connectivity index (χ1v) is 9.46. The lowest BCUT2D eigenvalue weighted by Gasteiger charge is -2.06. The minimum atomic E-state index is -0.348. The maximum Gasteiger partial charge on any atom is 0.228 e. The zero-order valence-electron chi connectivity index (χ0n) is 16.4. The van der Waals surface area contributed by atoms with Crippen molar-refractivity contribution in [1.29, 1.82) is 0 Å². The van der Waals surface area contributed by atoms with E-state index in [1.54, 1.807) is 11.8 Å². The van der Waals surface area contributed by atoms with Crippen molar-refractivity contribution in [3.05, 3.63) is 96.4 Å². The van der Waals surface area contributed by atoms with Crippen LogP contribution in [0.3, 0.4) is 0 Å². The van der Waals surface area contributed by atoms with Crippen molar-refractivity contribution in [3.63, 3.8) is 0 Å². The number of para-hydroxylation sites is 1. The van der Waals surface area contributed by atoms with Crippen LogP contribution in [0.15, 0.2) is 85.1 Å². The van der Waals surface area contributed by atoms with E-state index in [2.05, 4.69) is 5.32 Å². The largest absolute Gasteiger partial charge is 0.497 e. The van der Waals surface area contributed by atoms with Crippen molar-refractivity contribution >= 4 is 11.6 Å². The molecule has 150 valence electrons. The molecule has 0 bridgehead atoms. The fraction of sp³-hybridized carbons (Fsp3) is 0.0833. The van der Waals surface area contributed by atoms with Gasteiger partial charge in [0.25, 0.3) is 0 Å². The summed E-state index contributed by atoms with van der Waals surface area (Å²) in [6, 6.07) is 23.0. The van der Waals surface area contributed by atoms with E-state index in [9.17, 15) is 9.18 Å². The predicted octanol–water partition coefficient (Wildman–Crippen LogP) is 4.87. The zero-order chi connectivity index (χ0) is 20.9. The molecular formula is C24H20FN3O2. The molecule has 1 N–H and O–H groups in total. The number of halogens is 1. The topological polar surface area (TPSA) is 56.2 Å². The third-order valence-corrected chi connectivity index (χ3v) is 4.65. The van der Waals surface area contributed by atoms with Crippen LogP contribution in [0.25, 0.3) is 16.9 Å². The second-order valence-electron chi connectivity index (χ2n) is 6.74. The number of benzene rings is 3. The van der Waals surface area contributed by atoms with Crippen LogP contribution in [0.2, 0.25) is 0 Å². The monoisotopic (exact) mass is 401 g/mol. The Morgan fingerprint density at radius 2 is 1.70 bits per heavy atom. The van der Waals surface area contributed by atoms with Gasteiger partial charge in [0.15, 0.2) is 0 Å². The summed E-state index contributed by atoms with van der Waals surface area (Å²) in [4.78, 5) is 12.6. The molecule has 0 aliphatic carbocycles. The average molecular weight is 401 g/mol. The van der Waals surface area contributed by atoms with Gasteiger partial charge in [-0.3, -0.25) is 4.79 Å². The van der Waals surface area contributed by atoms with Crippen LogP contribution in [0.1, 0.15) is 5.56 Å². The quantitative estimate of drug-likeness (QED) is 0.502. The third-order valence-electron chi connectivity index (χ3n) is 4.65. The average Bonchev–Trinajstić information content (AvgIpc) is 3.19. The molecular weight excluding hydrogens is 381 g/mol. The maximum atomic E-state index is 13.1. The summed E-state index contributed by atoms with van der Waals surface area (Å²) in [6.07, 6.45) is 1.99. The van der Waals surface area contributed by atoms with Crippen LogP contribution >= 0.6 is 0 Å². The summed E-state index contributed by atoms with van der Waals surface area (Å²) in [5.74, 6) is 0.194. The second-order valence-corrected chi connectivity index (χ2v) is 6.74. The summed E-state index contributed by atoms with van der Waals surface area (Å²) < 4.78 is 20.1. The number of nitrogens with one attached hydrogen (secondary N) is 1. The highest BCUT2D eigenvalue weighted by atomic mass is 19.1. The maximum absolute atomic E-state index is 13.1. The lowest BCUT2D eigenvalue weighted by molar-refractivity contribution is -0.115. The molecule has 5 nitrogen and oxygen atoms in total. The van der Waals surface area contributed by atoms with Crippen LogP contribution in [-0.2, 0) is 11.2 Å². The molecule has 0 atom stereocenters. The van der Waals surface area contributed by atoms with Crippen LogP contribution in [0, 0.1) is 5.82 Å². The summed E-state index contributed by atoms with van der Waals surface area (Å²) >= 11 is 0. The number of anilines is 1. The number of amides is 1. The first-order chi connectivity index (χ1) is 14.6. The number of carbonyl (C=O) groups excluding carboxylic acids is 1. The minimum absolute atomic E-state index is 0.131. The first-order valence-electron chi connectivity index (χ1n) is 9.46. The summed E-state index contributed by atoms with van der Waals surface area (Å²) in [5.41, 5.74) is 3.83. The molecule has 0 radical (unpaired) electrons. The molecule has 1 heterocycles. The van der Waals surface area contributed by atoms with Gasteiger partial charge in [0.05, 0.1) is 24.9 Å². The van der Waals surface area contributed by atoms with Crippen LogP contribution in [0.5, 0.6) is 5.75 Å². The van der Waals surface area contributed by atoms with Gasteiger partial charge < -0.3 is 10.1 Å². The van der Waals surface area contributed by atoms with Gasteiger partial charge >= 0.3 is 0 Å². The first kappa shape index (κ1) is 19.4. The molecule has 0 spiro atoms. The molecule has 1 amide bonds. The molecule has 0 saturated carbocycles. The van der Waals surface area contributed by atoms with Gasteiger partial charge in [0.1, 0.15) is 11.6 Å². The Hall–Kier alpha value is -3.93. The van der Waals surface area contributed by atoms with Crippen molar-refractivity contribution in [2.75, 3.05) is 12.4 Å². The minimum Gasteiger partial charge on any atom is -0.497 e. The Bertz CT molecular complexity index is 1140. The summed E-state index contributed by atoms with van der Waals surface area (Å²) in [7, 11) is 1.62. The number of ether oxygens (including phenoxy) is 1. The fourth-order valence-corrected chi connectivity index (χ4v) is 3.16. The van der Waals surface area contributed by atoms with Crippen LogP contribution in [-0.4, -0.2) is 22.8 Å². The van der Waals surface area contributed by atoms with Crippen molar-refractivity contribution in [2.45, 2.75) is 6.42 Å². The molecule has 0 aliphatic heterocycles. The fourth-order valence-electron chi connectivity index (χ4n) is 3.16. The lowest BCUT2D eigenvalue weighted by atomic mass is 10.1. The van der Waals surface area contributed by atoms with Crippen molar-refractivity contribution in [1.82, 2.24) is 9.78 Å². The number of methoxy groups -OCH3 is 1. The highest BCUT2D eigenvalue weighted by molar-refractivity contribution is 5.93. The molecule has 1 aromatic heterocycles. The van der Waals surface area contributed by atoms with E-state index in [-0.39, 0.29) is 18.1 Å². The van der Waals surface area contributed by atoms with Gasteiger partial charge in [0, 0.05) is 23.0 Å². The zero-order valence-corrected chi connectivity index (χ0v) is 16.4. The smallest absolute Gasteiger partial charge is 0.228 e. The molecule has 6 heteroatoms. The number of nitrogens with zero attached hydrogens (tertiary/aromatic N) is 2. The Kier molecular flexibility index (Phi) is 5.57. The SMILES string of the molecule is COc1ccc(-c2nn(-c3ccccc3)cc2CC(=O)Nc2ccc(F)cc2)cc1. The van der Waals surface area contributed by atoms with Crippen molar-refractivity contribution in [3.8, 4) is 22.7 Å². The Morgan fingerprint density at radius 3 is 2.37 bits per heavy atom. The van der Waals surface area contributed by atoms with E-state index in [0.29, 0.717) is 5.69 Å². The number of aromatic nitrogens is 2. The number of rotatable bonds is 6. The van der Waals surface area contributed by atoms with E-state index in [0.717, 1.165) is 28.3 Å². The molecule has 30 heavy (non-hydrogen) atoms. The molecule has 0 unspecified atom stereocenters. The third kappa shape index (κ3) is 4.38. The summed E-state index contributed by atoms with van der Waals surface area (Å²) in [5, 5.41) is 7.53. The number of carbonyl (C=O) groups is 1. The standard InChI is InChI=1S/C24H20FN3O2/c1-30-22-13-7-17(8-14-22)24-18(16-28(27-24)21-5-3-2-4-6-21)15-23(29)26-20-11-9-19(25)10-12-20/h2-14,16H,15H2,1H3,(H,26,29). The van der Waals surface area contributed by atoms with Gasteiger partial charge in [0.2, 0.25) is 5.91 Å². The van der Waals surface area contributed by atoms with Gasteiger partial charge in [-0.25, -0.2) is 9.07 Å². The van der Waals surface area contributed by atoms with Crippen LogP contribution in [0.4, 0.5) is 10.1 Å². The molecule has 4 aromatic rings. The van der Waals surface area contributed by atoms with Gasteiger partial charge in [-0.2, -0.15) is 5.10 Å². The van der Waals surface area contributed by atoms with E-state index < -0.39 is 0 Å². The van der Waals surface area contributed by atoms with Gasteiger partial charge in [-0.1, -0.05) is 18.2 Å². The molecule has 0 saturated heterocycles. The predicted molar refractivity (Wildman–Crippen MR) is 114 cm³/mol. The Labute approximate surface area is 173 Å². The molecule has 0 fully saturated rings. The van der Waals surface area contributed by atoms with E-state index >= 15 is 0 Å². The second kappa shape index (κ2) is 8.61. The normalized spacial score (nSPS) is 10.6. The summed E-state index contributed by atoms with van der Waals surface area (Å²) in [6.45, 7) is 0. The Balaban J connectivity index is 1.64. The van der Waals surface area contributed by atoms with Gasteiger partial charge in [-0.15, -0.1) is 0 Å². The van der Waals surface area contributed by atoms with Crippen molar-refractivity contribution < 1.29 is 13.9 Å². The van der Waals surface area contributed by atoms with E-state index in [1.807, 2.05) is 60.8 Å². The Morgan fingerprint density at radius 1 is 1.00 bits per heavy atom.